The maximum Gasteiger partial charge on any atom is 0.107 e. The van der Waals surface area contributed by atoms with Gasteiger partial charge < -0.3 is 9.73 Å². The van der Waals surface area contributed by atoms with E-state index in [0.717, 1.165) is 19.0 Å². The van der Waals surface area contributed by atoms with Crippen molar-refractivity contribution in [2.45, 2.75) is 51.4 Å². The van der Waals surface area contributed by atoms with Crippen molar-refractivity contribution in [1.29, 1.82) is 0 Å². The van der Waals surface area contributed by atoms with Crippen LogP contribution in [0.3, 0.4) is 0 Å². The van der Waals surface area contributed by atoms with Crippen molar-refractivity contribution in [1.82, 2.24) is 5.32 Å². The first-order valence-electron chi connectivity index (χ1n) is 7.16. The molecule has 0 aromatic carbocycles. The molecule has 1 aromatic heterocycles. The molecule has 1 fully saturated rings. The first-order chi connectivity index (χ1) is 8.42. The first kappa shape index (κ1) is 12.7. The van der Waals surface area contributed by atoms with Gasteiger partial charge in [-0.2, -0.15) is 0 Å². The number of hydrogen-bond acceptors (Lipinski definition) is 2. The van der Waals surface area contributed by atoms with E-state index in [1.807, 2.05) is 12.3 Å². The molecule has 2 nitrogen and oxygen atoms in total. The van der Waals surface area contributed by atoms with Crippen LogP contribution < -0.4 is 5.32 Å². The molecule has 1 N–H and O–H groups in total. The van der Waals surface area contributed by atoms with Gasteiger partial charge in [0.2, 0.25) is 0 Å². The largest absolute Gasteiger partial charge is 0.469 e. The van der Waals surface area contributed by atoms with Gasteiger partial charge in [0.05, 0.1) is 6.26 Å². The second-order valence-corrected chi connectivity index (χ2v) is 5.22. The average Bonchev–Trinajstić information content (AvgIpc) is 2.77. The van der Waals surface area contributed by atoms with E-state index in [-0.39, 0.29) is 0 Å². The maximum atomic E-state index is 5.64. The van der Waals surface area contributed by atoms with Gasteiger partial charge in [-0.1, -0.05) is 26.2 Å². The second kappa shape index (κ2) is 6.85. The van der Waals surface area contributed by atoms with Crippen LogP contribution in [0.25, 0.3) is 0 Å². The molecule has 96 valence electrons. The Balaban J connectivity index is 1.97. The lowest BCUT2D eigenvalue weighted by molar-refractivity contribution is 0.328. The summed E-state index contributed by atoms with van der Waals surface area (Å²) in [5.41, 5.74) is 0. The number of nitrogens with one attached hydrogen (secondary N) is 1. The molecule has 0 spiro atoms. The van der Waals surface area contributed by atoms with Crippen molar-refractivity contribution in [2.24, 2.45) is 5.92 Å². The highest BCUT2D eigenvalue weighted by molar-refractivity contribution is 5.07. The summed E-state index contributed by atoms with van der Waals surface area (Å²) in [5.74, 6) is 2.60. The zero-order valence-electron chi connectivity index (χ0n) is 11.0. The Bertz CT molecular complexity index is 294. The van der Waals surface area contributed by atoms with Crippen LogP contribution in [-0.2, 0) is 0 Å². The highest BCUT2D eigenvalue weighted by atomic mass is 16.3. The molecule has 17 heavy (non-hydrogen) atoms. The van der Waals surface area contributed by atoms with Gasteiger partial charge in [-0.3, -0.25) is 0 Å². The monoisotopic (exact) mass is 235 g/mol. The summed E-state index contributed by atoms with van der Waals surface area (Å²) in [6, 6.07) is 4.18. The number of rotatable bonds is 5. The van der Waals surface area contributed by atoms with Crippen LogP contribution in [0.2, 0.25) is 0 Å². The van der Waals surface area contributed by atoms with Gasteiger partial charge >= 0.3 is 0 Å². The Morgan fingerprint density at radius 2 is 2.18 bits per heavy atom. The predicted octanol–water partition coefficient (Wildman–Crippen LogP) is 3.94. The van der Waals surface area contributed by atoms with E-state index < -0.39 is 0 Å². The van der Waals surface area contributed by atoms with Crippen LogP contribution in [0.5, 0.6) is 0 Å². The quantitative estimate of drug-likeness (QED) is 0.617. The molecule has 1 aliphatic carbocycles. The molecular formula is C15H25NO. The number of furan rings is 1. The summed E-state index contributed by atoms with van der Waals surface area (Å²) >= 11 is 0. The van der Waals surface area contributed by atoms with Gasteiger partial charge in [0.1, 0.15) is 5.76 Å². The van der Waals surface area contributed by atoms with Gasteiger partial charge in [-0.05, 0) is 50.4 Å². The fourth-order valence-corrected chi connectivity index (χ4v) is 2.97. The Hall–Kier alpha value is -0.760. The zero-order chi connectivity index (χ0) is 11.9. The maximum absolute atomic E-state index is 5.64. The van der Waals surface area contributed by atoms with E-state index >= 15 is 0 Å². The Kier molecular flexibility index (Phi) is 5.11. The standard InChI is InChI=1S/C15H25NO/c1-2-10-16-12-13-7-4-3-5-8-14(13)15-9-6-11-17-15/h6,9,11,13-14,16H,2-5,7-8,10,12H2,1H3. The normalized spacial score (nSPS) is 25.7. The van der Waals surface area contributed by atoms with E-state index in [2.05, 4.69) is 18.3 Å². The Morgan fingerprint density at radius 1 is 1.29 bits per heavy atom. The lowest BCUT2D eigenvalue weighted by atomic mass is 9.86. The third-order valence-corrected chi connectivity index (χ3v) is 3.90. The van der Waals surface area contributed by atoms with Crippen LogP contribution in [-0.4, -0.2) is 13.1 Å². The van der Waals surface area contributed by atoms with Crippen molar-refractivity contribution in [3.63, 3.8) is 0 Å². The molecule has 0 radical (unpaired) electrons. The molecule has 2 atom stereocenters. The molecule has 0 saturated heterocycles. The van der Waals surface area contributed by atoms with Crippen LogP contribution >= 0.6 is 0 Å². The van der Waals surface area contributed by atoms with Crippen molar-refractivity contribution >= 4 is 0 Å². The van der Waals surface area contributed by atoms with Gasteiger partial charge in [-0.25, -0.2) is 0 Å². The molecular weight excluding hydrogens is 210 g/mol. The summed E-state index contributed by atoms with van der Waals surface area (Å²) in [7, 11) is 0. The molecule has 0 bridgehead atoms. The lowest BCUT2D eigenvalue weighted by Crippen LogP contribution is -2.27. The minimum atomic E-state index is 0.636. The molecule has 1 aliphatic rings. The molecule has 1 heterocycles. The third kappa shape index (κ3) is 3.60. The molecule has 2 heteroatoms. The SMILES string of the molecule is CCCNCC1CCCCCC1c1ccco1. The molecule has 0 aliphatic heterocycles. The summed E-state index contributed by atoms with van der Waals surface area (Å²) in [6.45, 7) is 4.52. The van der Waals surface area contributed by atoms with Gasteiger partial charge in [0.25, 0.3) is 0 Å². The average molecular weight is 235 g/mol. The smallest absolute Gasteiger partial charge is 0.107 e. The molecule has 2 unspecified atom stereocenters. The molecule has 2 rings (SSSR count). The van der Waals surface area contributed by atoms with Crippen LogP contribution in [0.15, 0.2) is 22.8 Å². The lowest BCUT2D eigenvalue weighted by Gasteiger charge is -2.23. The summed E-state index contributed by atoms with van der Waals surface area (Å²) in [4.78, 5) is 0. The third-order valence-electron chi connectivity index (χ3n) is 3.90. The number of hydrogen-bond donors (Lipinski definition) is 1. The first-order valence-corrected chi connectivity index (χ1v) is 7.16. The summed E-state index contributed by atoms with van der Waals surface area (Å²) in [5, 5.41) is 3.58. The van der Waals surface area contributed by atoms with Crippen LogP contribution in [0.1, 0.15) is 57.1 Å². The van der Waals surface area contributed by atoms with E-state index in [1.165, 1.54) is 44.3 Å². The highest BCUT2D eigenvalue weighted by Gasteiger charge is 2.26. The minimum Gasteiger partial charge on any atom is -0.469 e. The fourth-order valence-electron chi connectivity index (χ4n) is 2.97. The van der Waals surface area contributed by atoms with E-state index in [9.17, 15) is 0 Å². The van der Waals surface area contributed by atoms with Gasteiger partial charge in [0, 0.05) is 5.92 Å². The second-order valence-electron chi connectivity index (χ2n) is 5.22. The molecule has 1 aromatic rings. The van der Waals surface area contributed by atoms with Crippen molar-refractivity contribution in [3.8, 4) is 0 Å². The van der Waals surface area contributed by atoms with E-state index in [0.29, 0.717) is 5.92 Å². The fraction of sp³-hybridized carbons (Fsp3) is 0.733. The summed E-state index contributed by atoms with van der Waals surface area (Å²) < 4.78 is 5.64. The van der Waals surface area contributed by atoms with Gasteiger partial charge in [0.15, 0.2) is 0 Å². The van der Waals surface area contributed by atoms with Crippen LogP contribution in [0, 0.1) is 5.92 Å². The van der Waals surface area contributed by atoms with Crippen molar-refractivity contribution < 1.29 is 4.42 Å². The van der Waals surface area contributed by atoms with Crippen LogP contribution in [0.4, 0.5) is 0 Å². The molecule has 0 amide bonds. The highest BCUT2D eigenvalue weighted by Crippen LogP contribution is 2.36. The van der Waals surface area contributed by atoms with Crippen molar-refractivity contribution in [3.05, 3.63) is 24.2 Å². The van der Waals surface area contributed by atoms with Gasteiger partial charge in [-0.15, -0.1) is 0 Å². The predicted molar refractivity (Wildman–Crippen MR) is 71.2 cm³/mol. The minimum absolute atomic E-state index is 0.636. The topological polar surface area (TPSA) is 25.2 Å². The summed E-state index contributed by atoms with van der Waals surface area (Å²) in [6.07, 6.45) is 9.82. The Morgan fingerprint density at radius 3 is 2.94 bits per heavy atom. The Labute approximate surface area is 105 Å². The zero-order valence-corrected chi connectivity index (χ0v) is 11.0. The van der Waals surface area contributed by atoms with E-state index in [1.54, 1.807) is 0 Å². The molecule has 1 saturated carbocycles. The van der Waals surface area contributed by atoms with Crippen molar-refractivity contribution in [2.75, 3.05) is 13.1 Å². The van der Waals surface area contributed by atoms with E-state index in [4.69, 9.17) is 4.42 Å².